The highest BCUT2D eigenvalue weighted by atomic mass is 127. The Kier molecular flexibility index (Phi) is 6.60. The SMILES string of the molecule is C/C(CC(=O)Nc1cccc2c1CCCC2)=N\NC(=O)c1ccc(I)cc1. The lowest BCUT2D eigenvalue weighted by Crippen LogP contribution is -2.22. The first-order valence-electron chi connectivity index (χ1n) is 9.02. The molecule has 0 heterocycles. The van der Waals surface area contributed by atoms with Crippen LogP contribution in [-0.2, 0) is 17.6 Å². The van der Waals surface area contributed by atoms with Crippen molar-refractivity contribution < 1.29 is 9.59 Å². The normalized spacial score (nSPS) is 13.6. The second kappa shape index (κ2) is 9.12. The van der Waals surface area contributed by atoms with Crippen molar-refractivity contribution in [2.75, 3.05) is 5.32 Å². The van der Waals surface area contributed by atoms with Gasteiger partial charge < -0.3 is 5.32 Å². The number of amides is 2. The van der Waals surface area contributed by atoms with Gasteiger partial charge in [-0.15, -0.1) is 0 Å². The van der Waals surface area contributed by atoms with Gasteiger partial charge in [-0.05, 0) is 96.7 Å². The number of hydrazone groups is 1. The van der Waals surface area contributed by atoms with Crippen molar-refractivity contribution in [1.82, 2.24) is 5.43 Å². The smallest absolute Gasteiger partial charge is 0.271 e. The van der Waals surface area contributed by atoms with E-state index in [1.54, 1.807) is 19.1 Å². The molecule has 2 N–H and O–H groups in total. The van der Waals surface area contributed by atoms with Crippen LogP contribution in [0.4, 0.5) is 5.69 Å². The van der Waals surface area contributed by atoms with Crippen molar-refractivity contribution in [2.24, 2.45) is 5.10 Å². The van der Waals surface area contributed by atoms with Crippen LogP contribution in [0.1, 0.15) is 47.7 Å². The molecule has 0 bridgehead atoms. The second-order valence-electron chi connectivity index (χ2n) is 6.67. The molecule has 6 heteroatoms. The largest absolute Gasteiger partial charge is 0.325 e. The molecule has 0 atom stereocenters. The van der Waals surface area contributed by atoms with Gasteiger partial charge in [-0.3, -0.25) is 9.59 Å². The number of halogens is 1. The van der Waals surface area contributed by atoms with Gasteiger partial charge in [0.25, 0.3) is 5.91 Å². The molecule has 0 unspecified atom stereocenters. The standard InChI is InChI=1S/C21H22IN3O2/c1-14(24-25-21(27)16-9-11-17(22)12-10-16)13-20(26)23-19-8-4-6-15-5-2-3-7-18(15)19/h4,6,8-12H,2-3,5,7,13H2,1H3,(H,23,26)(H,25,27)/b24-14+. The van der Waals surface area contributed by atoms with Gasteiger partial charge >= 0.3 is 0 Å². The second-order valence-corrected chi connectivity index (χ2v) is 7.92. The fourth-order valence-electron chi connectivity index (χ4n) is 3.18. The number of hydrogen-bond acceptors (Lipinski definition) is 3. The van der Waals surface area contributed by atoms with E-state index in [0.29, 0.717) is 11.3 Å². The summed E-state index contributed by atoms with van der Waals surface area (Å²) in [5.74, 6) is -0.415. The van der Waals surface area contributed by atoms with Crippen molar-refractivity contribution >= 4 is 45.8 Å². The van der Waals surface area contributed by atoms with E-state index in [-0.39, 0.29) is 18.2 Å². The molecule has 0 saturated heterocycles. The fraction of sp³-hybridized carbons (Fsp3) is 0.286. The highest BCUT2D eigenvalue weighted by Crippen LogP contribution is 2.27. The van der Waals surface area contributed by atoms with Crippen molar-refractivity contribution in [3.05, 3.63) is 62.7 Å². The Morgan fingerprint density at radius 1 is 1.07 bits per heavy atom. The summed E-state index contributed by atoms with van der Waals surface area (Å²) in [6.45, 7) is 1.73. The lowest BCUT2D eigenvalue weighted by atomic mass is 9.90. The summed E-state index contributed by atoms with van der Waals surface area (Å²) in [5, 5.41) is 7.04. The summed E-state index contributed by atoms with van der Waals surface area (Å²) in [6.07, 6.45) is 4.58. The minimum absolute atomic E-state index is 0.126. The summed E-state index contributed by atoms with van der Waals surface area (Å²) in [6, 6.07) is 13.3. The predicted octanol–water partition coefficient (Wildman–Crippen LogP) is 4.30. The number of nitrogens with one attached hydrogen (secondary N) is 2. The number of carbonyl (C=O) groups excluding carboxylic acids is 2. The lowest BCUT2D eigenvalue weighted by Gasteiger charge is -2.19. The van der Waals surface area contributed by atoms with Gasteiger partial charge in [0.05, 0.1) is 6.42 Å². The van der Waals surface area contributed by atoms with Crippen LogP contribution in [0, 0.1) is 3.57 Å². The van der Waals surface area contributed by atoms with Crippen LogP contribution in [0.15, 0.2) is 47.6 Å². The van der Waals surface area contributed by atoms with E-state index in [0.717, 1.165) is 28.5 Å². The summed E-state index contributed by atoms with van der Waals surface area (Å²) < 4.78 is 1.06. The zero-order chi connectivity index (χ0) is 19.2. The topological polar surface area (TPSA) is 70.6 Å². The quantitative estimate of drug-likeness (QED) is 0.385. The highest BCUT2D eigenvalue weighted by Gasteiger charge is 2.15. The van der Waals surface area contributed by atoms with E-state index in [9.17, 15) is 9.59 Å². The zero-order valence-corrected chi connectivity index (χ0v) is 17.4. The number of rotatable bonds is 5. The van der Waals surface area contributed by atoms with E-state index >= 15 is 0 Å². The van der Waals surface area contributed by atoms with Crippen LogP contribution in [0.3, 0.4) is 0 Å². The first kappa shape index (κ1) is 19.5. The molecule has 1 aliphatic rings. The summed E-state index contributed by atoms with van der Waals surface area (Å²) in [4.78, 5) is 24.4. The third kappa shape index (κ3) is 5.38. The van der Waals surface area contributed by atoms with Gasteiger partial charge in [0.1, 0.15) is 0 Å². The zero-order valence-electron chi connectivity index (χ0n) is 15.2. The Hall–Kier alpha value is -2.22. The van der Waals surface area contributed by atoms with Crippen molar-refractivity contribution in [3.63, 3.8) is 0 Å². The minimum atomic E-state index is -0.289. The number of nitrogens with zero attached hydrogens (tertiary/aromatic N) is 1. The molecule has 2 amide bonds. The maximum Gasteiger partial charge on any atom is 0.271 e. The molecule has 2 aromatic carbocycles. The highest BCUT2D eigenvalue weighted by molar-refractivity contribution is 14.1. The van der Waals surface area contributed by atoms with E-state index < -0.39 is 0 Å². The number of carbonyl (C=O) groups is 2. The number of fused-ring (bicyclic) bond motifs is 1. The van der Waals surface area contributed by atoms with E-state index in [2.05, 4.69) is 44.5 Å². The maximum atomic E-state index is 12.4. The molecule has 3 rings (SSSR count). The van der Waals surface area contributed by atoms with Crippen LogP contribution in [-0.4, -0.2) is 17.5 Å². The third-order valence-electron chi connectivity index (χ3n) is 4.54. The molecule has 2 aromatic rings. The van der Waals surface area contributed by atoms with Gasteiger partial charge in [-0.1, -0.05) is 12.1 Å². The number of hydrogen-bond donors (Lipinski definition) is 2. The molecule has 0 aromatic heterocycles. The lowest BCUT2D eigenvalue weighted by molar-refractivity contribution is -0.115. The molecular weight excluding hydrogens is 453 g/mol. The summed E-state index contributed by atoms with van der Waals surface area (Å²) >= 11 is 2.18. The molecule has 140 valence electrons. The fourth-order valence-corrected chi connectivity index (χ4v) is 3.54. The molecular formula is C21H22IN3O2. The van der Waals surface area contributed by atoms with Crippen molar-refractivity contribution in [3.8, 4) is 0 Å². The van der Waals surface area contributed by atoms with Crippen LogP contribution in [0.2, 0.25) is 0 Å². The molecule has 0 aliphatic heterocycles. The first-order valence-corrected chi connectivity index (χ1v) is 10.1. The molecule has 0 fully saturated rings. The van der Waals surface area contributed by atoms with Gasteiger partial charge in [-0.2, -0.15) is 5.10 Å². The van der Waals surface area contributed by atoms with Crippen molar-refractivity contribution in [2.45, 2.75) is 39.0 Å². The Morgan fingerprint density at radius 2 is 1.81 bits per heavy atom. The van der Waals surface area contributed by atoms with Crippen molar-refractivity contribution in [1.29, 1.82) is 0 Å². The number of aryl methyl sites for hydroxylation is 1. The van der Waals surface area contributed by atoms with Gasteiger partial charge in [0, 0.05) is 20.5 Å². The average Bonchev–Trinajstić information content (AvgIpc) is 2.67. The Labute approximate surface area is 172 Å². The van der Waals surface area contributed by atoms with E-state index in [4.69, 9.17) is 0 Å². The van der Waals surface area contributed by atoms with Crippen LogP contribution < -0.4 is 10.7 Å². The third-order valence-corrected chi connectivity index (χ3v) is 5.26. The molecule has 0 radical (unpaired) electrons. The Morgan fingerprint density at radius 3 is 2.59 bits per heavy atom. The number of anilines is 1. The number of benzene rings is 2. The molecule has 5 nitrogen and oxygen atoms in total. The molecule has 1 aliphatic carbocycles. The van der Waals surface area contributed by atoms with E-state index in [1.807, 2.05) is 24.3 Å². The molecule has 27 heavy (non-hydrogen) atoms. The maximum absolute atomic E-state index is 12.4. The predicted molar refractivity (Wildman–Crippen MR) is 116 cm³/mol. The van der Waals surface area contributed by atoms with Gasteiger partial charge in [-0.25, -0.2) is 5.43 Å². The molecule has 0 spiro atoms. The summed E-state index contributed by atoms with van der Waals surface area (Å²) in [5.41, 5.74) is 7.06. The van der Waals surface area contributed by atoms with Crippen LogP contribution in [0.25, 0.3) is 0 Å². The van der Waals surface area contributed by atoms with Crippen LogP contribution >= 0.6 is 22.6 Å². The van der Waals surface area contributed by atoms with Gasteiger partial charge in [0.15, 0.2) is 0 Å². The minimum Gasteiger partial charge on any atom is -0.325 e. The Balaban J connectivity index is 1.57. The monoisotopic (exact) mass is 475 g/mol. The Bertz CT molecular complexity index is 875. The summed E-state index contributed by atoms with van der Waals surface area (Å²) in [7, 11) is 0. The average molecular weight is 475 g/mol. The van der Waals surface area contributed by atoms with E-state index in [1.165, 1.54) is 17.5 Å². The van der Waals surface area contributed by atoms with Gasteiger partial charge in [0.2, 0.25) is 5.91 Å². The first-order chi connectivity index (χ1) is 13.0. The van der Waals surface area contributed by atoms with Crippen LogP contribution in [0.5, 0.6) is 0 Å². The molecule has 0 saturated carbocycles.